The molecule has 0 aromatic rings. The molecule has 1 N–H and O–H groups in total. The van der Waals surface area contributed by atoms with Crippen molar-refractivity contribution >= 4 is 0 Å². The summed E-state index contributed by atoms with van der Waals surface area (Å²) in [5.74, 6) is 0. The molecule has 0 aliphatic carbocycles. The van der Waals surface area contributed by atoms with E-state index in [-0.39, 0.29) is 18.1 Å². The molecule has 1 atom stereocenters. The van der Waals surface area contributed by atoms with Gasteiger partial charge in [0.05, 0.1) is 12.7 Å². The molecule has 0 saturated heterocycles. The summed E-state index contributed by atoms with van der Waals surface area (Å²) in [4.78, 5) is 0. The van der Waals surface area contributed by atoms with Crippen LogP contribution in [-0.2, 0) is 4.74 Å². The molecule has 0 rings (SSSR count). The summed E-state index contributed by atoms with van der Waals surface area (Å²) in [6, 6.07) is 0. The Labute approximate surface area is 62.5 Å². The topological polar surface area (TPSA) is 29.5 Å². The van der Waals surface area contributed by atoms with Crippen molar-refractivity contribution in [2.75, 3.05) is 13.7 Å². The summed E-state index contributed by atoms with van der Waals surface area (Å²) in [7, 11) is 1.61. The second kappa shape index (κ2) is 3.74. The Kier molecular flexibility index (Phi) is 3.61. The van der Waals surface area contributed by atoms with Gasteiger partial charge in [-0.15, -0.1) is 6.58 Å². The van der Waals surface area contributed by atoms with Crippen molar-refractivity contribution in [1.29, 1.82) is 0 Å². The van der Waals surface area contributed by atoms with Gasteiger partial charge in [0.1, 0.15) is 0 Å². The van der Waals surface area contributed by atoms with Gasteiger partial charge in [0.15, 0.2) is 0 Å². The molecule has 0 radical (unpaired) electrons. The molecular formula is C8H16O2. The average molecular weight is 144 g/mol. The monoisotopic (exact) mass is 144 g/mol. The van der Waals surface area contributed by atoms with E-state index in [1.807, 2.05) is 13.8 Å². The van der Waals surface area contributed by atoms with Gasteiger partial charge < -0.3 is 9.84 Å². The van der Waals surface area contributed by atoms with E-state index in [1.54, 1.807) is 13.2 Å². The first-order valence-corrected chi connectivity index (χ1v) is 3.34. The maximum atomic E-state index is 8.90. The molecule has 10 heavy (non-hydrogen) atoms. The van der Waals surface area contributed by atoms with Crippen LogP contribution in [0.2, 0.25) is 0 Å². The molecule has 0 aliphatic rings. The summed E-state index contributed by atoms with van der Waals surface area (Å²) in [6.07, 6.45) is 1.63. The Morgan fingerprint density at radius 2 is 2.20 bits per heavy atom. The first kappa shape index (κ1) is 9.66. The fraction of sp³-hybridized carbons (Fsp3) is 0.750. The van der Waals surface area contributed by atoms with Crippen LogP contribution in [0.3, 0.4) is 0 Å². The van der Waals surface area contributed by atoms with Gasteiger partial charge >= 0.3 is 0 Å². The van der Waals surface area contributed by atoms with Crippen LogP contribution in [-0.4, -0.2) is 24.9 Å². The van der Waals surface area contributed by atoms with Crippen LogP contribution in [0, 0.1) is 5.41 Å². The lowest BCUT2D eigenvalue weighted by Gasteiger charge is -2.28. The Hall–Kier alpha value is -0.340. The smallest absolute Gasteiger partial charge is 0.0822 e. The van der Waals surface area contributed by atoms with Crippen molar-refractivity contribution in [3.63, 3.8) is 0 Å². The molecule has 0 aromatic heterocycles. The second-order valence-electron chi connectivity index (χ2n) is 3.04. The van der Waals surface area contributed by atoms with E-state index >= 15 is 0 Å². The van der Waals surface area contributed by atoms with E-state index in [2.05, 4.69) is 6.58 Å². The predicted octanol–water partition coefficient (Wildman–Crippen LogP) is 1.21. The van der Waals surface area contributed by atoms with Gasteiger partial charge in [-0.1, -0.05) is 19.9 Å². The Bertz CT molecular complexity index is 108. The molecule has 1 unspecified atom stereocenters. The molecule has 0 spiro atoms. The highest BCUT2D eigenvalue weighted by Gasteiger charge is 2.25. The maximum Gasteiger partial charge on any atom is 0.0822 e. The fourth-order valence-corrected chi connectivity index (χ4v) is 0.824. The lowest BCUT2D eigenvalue weighted by Crippen LogP contribution is -2.32. The third-order valence-corrected chi connectivity index (χ3v) is 1.65. The average Bonchev–Trinajstić information content (AvgIpc) is 1.90. The number of ether oxygens (including phenoxy) is 1. The number of aliphatic hydroxyl groups excluding tert-OH is 1. The molecule has 60 valence electrons. The lowest BCUT2D eigenvalue weighted by atomic mass is 9.87. The summed E-state index contributed by atoms with van der Waals surface area (Å²) in [5, 5.41) is 8.90. The van der Waals surface area contributed by atoms with Gasteiger partial charge in [0, 0.05) is 12.5 Å². The van der Waals surface area contributed by atoms with Crippen LogP contribution in [0.15, 0.2) is 12.7 Å². The van der Waals surface area contributed by atoms with Crippen molar-refractivity contribution in [2.45, 2.75) is 20.0 Å². The third-order valence-electron chi connectivity index (χ3n) is 1.65. The SMILES string of the molecule is C=CC(OC)C(C)(C)CO. The van der Waals surface area contributed by atoms with E-state index in [4.69, 9.17) is 9.84 Å². The standard InChI is InChI=1S/C8H16O2/c1-5-7(10-4)8(2,3)6-9/h5,7,9H,1,6H2,2-4H3. The molecule has 2 nitrogen and oxygen atoms in total. The molecule has 0 heterocycles. The maximum absolute atomic E-state index is 8.90. The van der Waals surface area contributed by atoms with E-state index in [9.17, 15) is 0 Å². The minimum absolute atomic E-state index is 0.0718. The van der Waals surface area contributed by atoms with Crippen molar-refractivity contribution in [2.24, 2.45) is 5.41 Å². The minimum atomic E-state index is -0.226. The van der Waals surface area contributed by atoms with Crippen LogP contribution < -0.4 is 0 Å². The van der Waals surface area contributed by atoms with Crippen LogP contribution in [0.25, 0.3) is 0 Å². The zero-order chi connectivity index (χ0) is 8.20. The highest BCUT2D eigenvalue weighted by molar-refractivity contribution is 4.91. The van der Waals surface area contributed by atoms with Crippen molar-refractivity contribution in [3.8, 4) is 0 Å². The highest BCUT2D eigenvalue weighted by Crippen LogP contribution is 2.22. The van der Waals surface area contributed by atoms with Crippen molar-refractivity contribution < 1.29 is 9.84 Å². The molecule has 2 heteroatoms. The summed E-state index contributed by atoms with van der Waals surface area (Å²) in [6.45, 7) is 7.59. The zero-order valence-electron chi connectivity index (χ0n) is 6.92. The van der Waals surface area contributed by atoms with Gasteiger partial charge in [0.25, 0.3) is 0 Å². The number of methoxy groups -OCH3 is 1. The summed E-state index contributed by atoms with van der Waals surface area (Å²) < 4.78 is 5.08. The Morgan fingerprint density at radius 3 is 2.30 bits per heavy atom. The predicted molar refractivity (Wildman–Crippen MR) is 41.9 cm³/mol. The third kappa shape index (κ3) is 2.12. The van der Waals surface area contributed by atoms with E-state index < -0.39 is 0 Å². The zero-order valence-corrected chi connectivity index (χ0v) is 6.92. The summed E-state index contributed by atoms with van der Waals surface area (Å²) in [5.41, 5.74) is -0.226. The van der Waals surface area contributed by atoms with Gasteiger partial charge in [-0.25, -0.2) is 0 Å². The molecule has 0 bridgehead atoms. The first-order valence-electron chi connectivity index (χ1n) is 3.34. The summed E-state index contributed by atoms with van der Waals surface area (Å²) >= 11 is 0. The molecule has 0 aliphatic heterocycles. The quantitative estimate of drug-likeness (QED) is 0.601. The first-order chi connectivity index (χ1) is 4.58. The molecule has 0 aromatic carbocycles. The van der Waals surface area contributed by atoms with E-state index in [0.29, 0.717) is 0 Å². The van der Waals surface area contributed by atoms with Crippen molar-refractivity contribution in [3.05, 3.63) is 12.7 Å². The van der Waals surface area contributed by atoms with Crippen molar-refractivity contribution in [1.82, 2.24) is 0 Å². The van der Waals surface area contributed by atoms with Gasteiger partial charge in [-0.3, -0.25) is 0 Å². The molecule has 0 fully saturated rings. The van der Waals surface area contributed by atoms with Crippen LogP contribution in [0.1, 0.15) is 13.8 Å². The Morgan fingerprint density at radius 1 is 1.70 bits per heavy atom. The largest absolute Gasteiger partial charge is 0.396 e. The van der Waals surface area contributed by atoms with Crippen LogP contribution in [0.4, 0.5) is 0 Å². The van der Waals surface area contributed by atoms with Gasteiger partial charge in [-0.2, -0.15) is 0 Å². The number of hydrogen-bond acceptors (Lipinski definition) is 2. The molecule has 0 saturated carbocycles. The second-order valence-corrected chi connectivity index (χ2v) is 3.04. The minimum Gasteiger partial charge on any atom is -0.396 e. The van der Waals surface area contributed by atoms with Gasteiger partial charge in [0.2, 0.25) is 0 Å². The van der Waals surface area contributed by atoms with E-state index in [1.165, 1.54) is 0 Å². The molecule has 0 amide bonds. The van der Waals surface area contributed by atoms with Crippen LogP contribution in [0.5, 0.6) is 0 Å². The lowest BCUT2D eigenvalue weighted by molar-refractivity contribution is 0.00662. The molecular weight excluding hydrogens is 128 g/mol. The van der Waals surface area contributed by atoms with E-state index in [0.717, 1.165) is 0 Å². The number of hydrogen-bond donors (Lipinski definition) is 1. The number of aliphatic hydroxyl groups is 1. The fourth-order valence-electron chi connectivity index (χ4n) is 0.824. The normalized spacial score (nSPS) is 14.8. The highest BCUT2D eigenvalue weighted by atomic mass is 16.5. The Balaban J connectivity index is 4.10. The van der Waals surface area contributed by atoms with Gasteiger partial charge in [-0.05, 0) is 0 Å². The number of rotatable bonds is 4. The van der Waals surface area contributed by atoms with Crippen LogP contribution >= 0.6 is 0 Å².